The number of thiazole rings is 2. The number of carbonyl (C=O) groups excluding carboxylic acids is 1. The average molecular weight is 343 g/mol. The van der Waals surface area contributed by atoms with Crippen LogP contribution in [0, 0.1) is 6.92 Å². The number of nitrogens with zero attached hydrogens (tertiary/aromatic N) is 2. The zero-order valence-corrected chi connectivity index (χ0v) is 14.4. The Hall–Kier alpha value is -2.05. The Morgan fingerprint density at radius 1 is 1.30 bits per heavy atom. The maximum Gasteiger partial charge on any atom is 0.244 e. The van der Waals surface area contributed by atoms with Crippen LogP contribution in [0.15, 0.2) is 35.7 Å². The third-order valence-corrected chi connectivity index (χ3v) is 5.13. The predicted octanol–water partition coefficient (Wildman–Crippen LogP) is 3.82. The first-order valence-electron chi connectivity index (χ1n) is 7.43. The Bertz CT molecular complexity index is 802. The van der Waals surface area contributed by atoms with Crippen LogP contribution in [0.2, 0.25) is 0 Å². The molecule has 3 aromatic rings. The Morgan fingerprint density at radius 3 is 2.96 bits per heavy atom. The topological polar surface area (TPSA) is 54.9 Å². The summed E-state index contributed by atoms with van der Waals surface area (Å²) in [5.41, 5.74) is 1.88. The summed E-state index contributed by atoms with van der Waals surface area (Å²) in [6.45, 7) is 2.60. The molecule has 0 aliphatic heterocycles. The van der Waals surface area contributed by atoms with E-state index < -0.39 is 0 Å². The van der Waals surface area contributed by atoms with E-state index in [1.54, 1.807) is 28.7 Å². The third kappa shape index (κ3) is 4.46. The summed E-state index contributed by atoms with van der Waals surface area (Å²) in [5.74, 6) is -0.0834. The van der Waals surface area contributed by atoms with E-state index in [9.17, 15) is 4.79 Å². The summed E-state index contributed by atoms with van der Waals surface area (Å²) < 4.78 is 1.22. The highest BCUT2D eigenvalue weighted by atomic mass is 32.1. The van der Waals surface area contributed by atoms with Crippen LogP contribution in [0.25, 0.3) is 16.3 Å². The average Bonchev–Trinajstić information content (AvgIpc) is 3.15. The number of aryl methyl sites for hydroxylation is 2. The number of fused-ring (bicyclic) bond motifs is 1. The van der Waals surface area contributed by atoms with E-state index in [0.717, 1.165) is 34.1 Å². The highest BCUT2D eigenvalue weighted by Crippen LogP contribution is 2.22. The van der Waals surface area contributed by atoms with Crippen molar-refractivity contribution in [3.63, 3.8) is 0 Å². The Morgan fingerprint density at radius 2 is 2.17 bits per heavy atom. The first-order chi connectivity index (χ1) is 11.2. The predicted molar refractivity (Wildman–Crippen MR) is 96.8 cm³/mol. The van der Waals surface area contributed by atoms with Crippen LogP contribution in [0.3, 0.4) is 0 Å². The van der Waals surface area contributed by atoms with Crippen LogP contribution in [0.5, 0.6) is 0 Å². The van der Waals surface area contributed by atoms with Crippen molar-refractivity contribution in [2.75, 3.05) is 6.54 Å². The van der Waals surface area contributed by atoms with Gasteiger partial charge in [-0.1, -0.05) is 12.1 Å². The van der Waals surface area contributed by atoms with E-state index in [-0.39, 0.29) is 5.91 Å². The minimum atomic E-state index is -0.0834. The molecule has 118 valence electrons. The Kier molecular flexibility index (Phi) is 5.15. The summed E-state index contributed by atoms with van der Waals surface area (Å²) in [6, 6.07) is 8.15. The van der Waals surface area contributed by atoms with E-state index in [0.29, 0.717) is 6.54 Å². The van der Waals surface area contributed by atoms with Crippen LogP contribution in [0.4, 0.5) is 0 Å². The second-order valence-electron chi connectivity index (χ2n) is 5.09. The molecule has 0 saturated carbocycles. The number of benzene rings is 1. The number of para-hydroxylation sites is 1. The van der Waals surface area contributed by atoms with Gasteiger partial charge in [-0.05, 0) is 31.6 Å². The van der Waals surface area contributed by atoms with Crippen molar-refractivity contribution in [2.24, 2.45) is 0 Å². The fourth-order valence-corrected chi connectivity index (χ4v) is 3.74. The molecule has 0 aliphatic rings. The van der Waals surface area contributed by atoms with Gasteiger partial charge in [0.2, 0.25) is 5.91 Å². The number of nitrogens with one attached hydrogen (secondary N) is 1. The van der Waals surface area contributed by atoms with E-state index in [1.807, 2.05) is 30.5 Å². The lowest BCUT2D eigenvalue weighted by Gasteiger charge is -2.00. The Labute approximate surface area is 142 Å². The van der Waals surface area contributed by atoms with Gasteiger partial charge in [-0.3, -0.25) is 4.79 Å². The van der Waals surface area contributed by atoms with Gasteiger partial charge >= 0.3 is 0 Å². The maximum atomic E-state index is 11.7. The molecular weight excluding hydrogens is 326 g/mol. The molecule has 6 heteroatoms. The van der Waals surface area contributed by atoms with Crippen molar-refractivity contribution in [3.8, 4) is 0 Å². The molecule has 23 heavy (non-hydrogen) atoms. The molecule has 1 aromatic carbocycles. The van der Waals surface area contributed by atoms with Gasteiger partial charge in [0.15, 0.2) is 0 Å². The highest BCUT2D eigenvalue weighted by molar-refractivity contribution is 7.18. The first kappa shape index (κ1) is 15.8. The molecule has 4 nitrogen and oxygen atoms in total. The van der Waals surface area contributed by atoms with Crippen LogP contribution in [-0.2, 0) is 11.2 Å². The second-order valence-corrected chi connectivity index (χ2v) is 7.27. The number of aromatic nitrogens is 2. The molecule has 2 aromatic heterocycles. The lowest BCUT2D eigenvalue weighted by atomic mass is 10.3. The minimum Gasteiger partial charge on any atom is -0.353 e. The number of amides is 1. The number of rotatable bonds is 6. The normalized spacial score (nSPS) is 11.3. The molecule has 0 spiro atoms. The molecule has 1 N–H and O–H groups in total. The smallest absolute Gasteiger partial charge is 0.244 e. The van der Waals surface area contributed by atoms with Gasteiger partial charge in [0, 0.05) is 24.4 Å². The summed E-state index contributed by atoms with van der Waals surface area (Å²) >= 11 is 3.30. The van der Waals surface area contributed by atoms with Crippen molar-refractivity contribution in [2.45, 2.75) is 19.8 Å². The van der Waals surface area contributed by atoms with Gasteiger partial charge < -0.3 is 5.32 Å². The molecule has 0 fully saturated rings. The molecule has 0 radical (unpaired) electrons. The van der Waals surface area contributed by atoms with Crippen LogP contribution >= 0.6 is 22.7 Å². The van der Waals surface area contributed by atoms with Crippen molar-refractivity contribution in [1.29, 1.82) is 0 Å². The number of carbonyl (C=O) groups is 1. The zero-order chi connectivity index (χ0) is 16.1. The molecule has 0 bridgehead atoms. The molecular formula is C17H17N3OS2. The van der Waals surface area contributed by atoms with Gasteiger partial charge in [-0.25, -0.2) is 9.97 Å². The minimum absolute atomic E-state index is 0.0834. The summed E-state index contributed by atoms with van der Waals surface area (Å²) in [7, 11) is 0. The quantitative estimate of drug-likeness (QED) is 0.547. The van der Waals surface area contributed by atoms with E-state index in [4.69, 9.17) is 0 Å². The van der Waals surface area contributed by atoms with Crippen molar-refractivity contribution in [1.82, 2.24) is 15.3 Å². The van der Waals surface area contributed by atoms with Gasteiger partial charge in [0.05, 0.1) is 25.9 Å². The lowest BCUT2D eigenvalue weighted by Crippen LogP contribution is -2.22. The largest absolute Gasteiger partial charge is 0.353 e. The fourth-order valence-electron chi connectivity index (χ4n) is 2.15. The second kappa shape index (κ2) is 7.48. The van der Waals surface area contributed by atoms with Gasteiger partial charge in [-0.2, -0.15) is 0 Å². The molecule has 0 atom stereocenters. The lowest BCUT2D eigenvalue weighted by molar-refractivity contribution is -0.116. The molecule has 2 heterocycles. The number of hydrogen-bond donors (Lipinski definition) is 1. The van der Waals surface area contributed by atoms with Crippen molar-refractivity contribution in [3.05, 3.63) is 51.4 Å². The number of hydrogen-bond acceptors (Lipinski definition) is 5. The van der Waals surface area contributed by atoms with Crippen LogP contribution in [-0.4, -0.2) is 22.4 Å². The van der Waals surface area contributed by atoms with E-state index in [2.05, 4.69) is 21.4 Å². The molecule has 3 rings (SSSR count). The van der Waals surface area contributed by atoms with Gasteiger partial charge in [0.1, 0.15) is 0 Å². The van der Waals surface area contributed by atoms with Crippen molar-refractivity contribution < 1.29 is 4.79 Å². The Balaban J connectivity index is 1.42. The monoisotopic (exact) mass is 343 g/mol. The van der Waals surface area contributed by atoms with Gasteiger partial charge in [0.25, 0.3) is 0 Å². The summed E-state index contributed by atoms with van der Waals surface area (Å²) in [4.78, 5) is 20.6. The molecule has 0 aliphatic carbocycles. The highest BCUT2D eigenvalue weighted by Gasteiger charge is 2.03. The van der Waals surface area contributed by atoms with Gasteiger partial charge in [-0.15, -0.1) is 22.7 Å². The molecule has 1 amide bonds. The standard InChI is InChI=1S/C17H17N3OS2/c1-12-19-13(11-22-12)8-9-16(21)18-10-4-7-17-20-14-5-2-3-6-15(14)23-17/h2-3,5-6,8-9,11H,4,7,10H2,1H3,(H,18,21)/b9-8+. The van der Waals surface area contributed by atoms with E-state index >= 15 is 0 Å². The third-order valence-electron chi connectivity index (χ3n) is 3.25. The van der Waals surface area contributed by atoms with Crippen LogP contribution < -0.4 is 5.32 Å². The molecule has 0 unspecified atom stereocenters. The zero-order valence-electron chi connectivity index (χ0n) is 12.8. The summed E-state index contributed by atoms with van der Waals surface area (Å²) in [5, 5.41) is 6.95. The fraction of sp³-hybridized carbons (Fsp3) is 0.235. The van der Waals surface area contributed by atoms with E-state index in [1.165, 1.54) is 10.8 Å². The summed E-state index contributed by atoms with van der Waals surface area (Å²) in [6.07, 6.45) is 5.04. The SMILES string of the molecule is Cc1nc(/C=C/C(=O)NCCCc2nc3ccccc3s2)cs1. The first-order valence-corrected chi connectivity index (χ1v) is 9.13. The van der Waals surface area contributed by atoms with Crippen molar-refractivity contribution >= 4 is 44.9 Å². The van der Waals surface area contributed by atoms with Crippen LogP contribution in [0.1, 0.15) is 22.1 Å². The molecule has 0 saturated heterocycles. The maximum absolute atomic E-state index is 11.7.